The number of nitrogens with zero attached hydrogens (tertiary/aromatic N) is 3. The molecule has 0 spiro atoms. The van der Waals surface area contributed by atoms with E-state index in [-0.39, 0.29) is 17.9 Å². The molecule has 3 aromatic rings. The molecule has 1 atom stereocenters. The molecule has 180 valence electrons. The average molecular weight is 481 g/mol. The Hall–Kier alpha value is -2.97. The number of para-hydroxylation sites is 1. The summed E-state index contributed by atoms with van der Waals surface area (Å²) in [7, 11) is -3.56. The molecule has 1 fully saturated rings. The van der Waals surface area contributed by atoms with E-state index in [1.54, 1.807) is 12.3 Å². The van der Waals surface area contributed by atoms with Gasteiger partial charge in [0.1, 0.15) is 0 Å². The molecule has 0 radical (unpaired) electrons. The molecule has 8 heteroatoms. The van der Waals surface area contributed by atoms with Crippen LogP contribution in [-0.4, -0.2) is 41.5 Å². The molecule has 1 aliphatic rings. The van der Waals surface area contributed by atoms with Crippen LogP contribution in [0.4, 0.5) is 0 Å². The zero-order valence-electron chi connectivity index (χ0n) is 20.2. The van der Waals surface area contributed by atoms with Crippen molar-refractivity contribution in [3.8, 4) is 5.69 Å². The molecule has 0 bridgehead atoms. The number of aromatic nitrogens is 2. The van der Waals surface area contributed by atoms with Crippen molar-refractivity contribution in [2.75, 3.05) is 13.1 Å². The van der Waals surface area contributed by atoms with Crippen molar-refractivity contribution in [1.82, 2.24) is 19.4 Å². The minimum absolute atomic E-state index is 0.0390. The quantitative estimate of drug-likeness (QED) is 0.576. The van der Waals surface area contributed by atoms with Crippen LogP contribution in [0.5, 0.6) is 0 Å². The number of benzene rings is 2. The Morgan fingerprint density at radius 1 is 1.06 bits per heavy atom. The van der Waals surface area contributed by atoms with Crippen molar-refractivity contribution in [3.05, 3.63) is 77.1 Å². The van der Waals surface area contributed by atoms with Crippen LogP contribution in [0.3, 0.4) is 0 Å². The van der Waals surface area contributed by atoms with Crippen molar-refractivity contribution in [1.29, 1.82) is 0 Å². The number of carbonyl (C=O) groups excluding carboxylic acids is 1. The minimum Gasteiger partial charge on any atom is -0.349 e. The maximum Gasteiger partial charge on any atom is 0.243 e. The molecule has 1 aromatic heterocycles. The summed E-state index contributed by atoms with van der Waals surface area (Å²) >= 11 is 0. The van der Waals surface area contributed by atoms with Crippen LogP contribution in [0.15, 0.2) is 59.6 Å². The SMILES string of the molecule is Cc1ccc(S(=O)(=O)N2CCC(C(=O)NC(C)c3cnn(-c4ccccc4)c3C)CC2)c(C)c1. The van der Waals surface area contributed by atoms with E-state index in [4.69, 9.17) is 0 Å². The Labute approximate surface area is 201 Å². The van der Waals surface area contributed by atoms with Gasteiger partial charge in [-0.05, 0) is 64.3 Å². The summed E-state index contributed by atoms with van der Waals surface area (Å²) in [4.78, 5) is 13.3. The standard InChI is InChI=1S/C26H32N4O3S/c1-18-10-11-25(19(2)16-18)34(32,33)29-14-12-22(13-15-29)26(31)28-20(3)24-17-27-30(21(24)4)23-8-6-5-7-9-23/h5-11,16-17,20,22H,12-15H2,1-4H3,(H,28,31). The van der Waals surface area contributed by atoms with Crippen molar-refractivity contribution >= 4 is 15.9 Å². The third-order valence-electron chi connectivity index (χ3n) is 6.65. The number of hydrogen-bond acceptors (Lipinski definition) is 4. The van der Waals surface area contributed by atoms with E-state index in [0.717, 1.165) is 28.1 Å². The van der Waals surface area contributed by atoms with Crippen LogP contribution >= 0.6 is 0 Å². The molecule has 7 nitrogen and oxygen atoms in total. The Balaban J connectivity index is 1.38. The highest BCUT2D eigenvalue weighted by atomic mass is 32.2. The van der Waals surface area contributed by atoms with Gasteiger partial charge in [-0.2, -0.15) is 9.40 Å². The molecule has 2 aromatic carbocycles. The largest absolute Gasteiger partial charge is 0.349 e. The van der Waals surface area contributed by atoms with E-state index in [2.05, 4.69) is 10.4 Å². The van der Waals surface area contributed by atoms with Crippen molar-refractivity contribution < 1.29 is 13.2 Å². The number of carbonyl (C=O) groups is 1. The van der Waals surface area contributed by atoms with Gasteiger partial charge in [-0.3, -0.25) is 4.79 Å². The van der Waals surface area contributed by atoms with Crippen LogP contribution in [0.2, 0.25) is 0 Å². The lowest BCUT2D eigenvalue weighted by atomic mass is 9.96. The highest BCUT2D eigenvalue weighted by molar-refractivity contribution is 7.89. The Kier molecular flexibility index (Phi) is 6.91. The van der Waals surface area contributed by atoms with Gasteiger partial charge >= 0.3 is 0 Å². The van der Waals surface area contributed by atoms with E-state index in [1.165, 1.54) is 4.31 Å². The first-order valence-electron chi connectivity index (χ1n) is 11.7. The van der Waals surface area contributed by atoms with Gasteiger partial charge in [0.15, 0.2) is 0 Å². The number of hydrogen-bond donors (Lipinski definition) is 1. The maximum absolute atomic E-state index is 13.1. The lowest BCUT2D eigenvalue weighted by molar-refractivity contribution is -0.126. The van der Waals surface area contributed by atoms with Gasteiger partial charge in [-0.25, -0.2) is 13.1 Å². The Morgan fingerprint density at radius 3 is 2.38 bits per heavy atom. The van der Waals surface area contributed by atoms with Gasteiger partial charge in [0.05, 0.1) is 22.8 Å². The Bertz CT molecular complexity index is 1280. The van der Waals surface area contributed by atoms with Gasteiger partial charge in [0.25, 0.3) is 0 Å². The van der Waals surface area contributed by atoms with Crippen molar-refractivity contribution in [2.45, 2.75) is 51.5 Å². The third kappa shape index (κ3) is 4.79. The molecular weight excluding hydrogens is 448 g/mol. The number of sulfonamides is 1. The highest BCUT2D eigenvalue weighted by Crippen LogP contribution is 2.27. The lowest BCUT2D eigenvalue weighted by Crippen LogP contribution is -2.43. The zero-order valence-corrected chi connectivity index (χ0v) is 21.0. The molecule has 1 unspecified atom stereocenters. The second-order valence-electron chi connectivity index (χ2n) is 9.11. The van der Waals surface area contributed by atoms with Crippen LogP contribution in [0, 0.1) is 26.7 Å². The van der Waals surface area contributed by atoms with E-state index >= 15 is 0 Å². The predicted octanol–water partition coefficient (Wildman–Crippen LogP) is 4.08. The maximum atomic E-state index is 13.1. The van der Waals surface area contributed by atoms with Crippen LogP contribution < -0.4 is 5.32 Å². The zero-order chi connectivity index (χ0) is 24.5. The first-order chi connectivity index (χ1) is 16.2. The fraction of sp³-hybridized carbons (Fsp3) is 0.385. The van der Waals surface area contributed by atoms with E-state index in [1.807, 2.05) is 74.8 Å². The number of amides is 1. The fourth-order valence-electron chi connectivity index (χ4n) is 4.67. The number of rotatable bonds is 6. The summed E-state index contributed by atoms with van der Waals surface area (Å²) in [5.41, 5.74) is 4.70. The van der Waals surface area contributed by atoms with Gasteiger partial charge < -0.3 is 5.32 Å². The first kappa shape index (κ1) is 24.2. The van der Waals surface area contributed by atoms with Gasteiger partial charge in [-0.1, -0.05) is 35.9 Å². The van der Waals surface area contributed by atoms with E-state index in [0.29, 0.717) is 30.8 Å². The Morgan fingerprint density at radius 2 is 1.74 bits per heavy atom. The second-order valence-corrected chi connectivity index (χ2v) is 11.0. The smallest absolute Gasteiger partial charge is 0.243 e. The van der Waals surface area contributed by atoms with E-state index < -0.39 is 10.0 Å². The van der Waals surface area contributed by atoms with Crippen LogP contribution in [-0.2, 0) is 14.8 Å². The molecule has 1 N–H and O–H groups in total. The molecule has 34 heavy (non-hydrogen) atoms. The molecule has 1 aliphatic heterocycles. The normalized spacial score (nSPS) is 16.4. The minimum atomic E-state index is -3.56. The van der Waals surface area contributed by atoms with Crippen LogP contribution in [0.25, 0.3) is 5.69 Å². The summed E-state index contributed by atoms with van der Waals surface area (Å²) < 4.78 is 29.6. The topological polar surface area (TPSA) is 84.3 Å². The molecule has 0 aliphatic carbocycles. The predicted molar refractivity (Wildman–Crippen MR) is 132 cm³/mol. The molecule has 2 heterocycles. The summed E-state index contributed by atoms with van der Waals surface area (Å²) in [6, 6.07) is 15.1. The van der Waals surface area contributed by atoms with Gasteiger partial charge in [-0.15, -0.1) is 0 Å². The number of nitrogens with one attached hydrogen (secondary N) is 1. The molecular formula is C26H32N4O3S. The number of aryl methyl sites for hydroxylation is 2. The monoisotopic (exact) mass is 480 g/mol. The van der Waals surface area contributed by atoms with Crippen molar-refractivity contribution in [2.24, 2.45) is 5.92 Å². The first-order valence-corrected chi connectivity index (χ1v) is 13.1. The fourth-order valence-corrected chi connectivity index (χ4v) is 6.35. The second kappa shape index (κ2) is 9.72. The van der Waals surface area contributed by atoms with E-state index in [9.17, 15) is 13.2 Å². The average Bonchev–Trinajstić information content (AvgIpc) is 3.20. The van der Waals surface area contributed by atoms with Gasteiger partial charge in [0.2, 0.25) is 15.9 Å². The molecule has 4 rings (SSSR count). The number of piperidine rings is 1. The summed E-state index contributed by atoms with van der Waals surface area (Å²) in [5.74, 6) is -0.250. The summed E-state index contributed by atoms with van der Waals surface area (Å²) in [5, 5.41) is 7.61. The molecule has 1 amide bonds. The van der Waals surface area contributed by atoms with Crippen molar-refractivity contribution in [3.63, 3.8) is 0 Å². The highest BCUT2D eigenvalue weighted by Gasteiger charge is 2.33. The summed E-state index contributed by atoms with van der Waals surface area (Å²) in [6.45, 7) is 8.40. The molecule has 0 saturated carbocycles. The van der Waals surface area contributed by atoms with Gasteiger partial charge in [0, 0.05) is 30.3 Å². The molecule has 1 saturated heterocycles. The van der Waals surface area contributed by atoms with Crippen LogP contribution in [0.1, 0.15) is 48.2 Å². The third-order valence-corrected chi connectivity index (χ3v) is 8.71. The lowest BCUT2D eigenvalue weighted by Gasteiger charge is -2.31. The summed E-state index contributed by atoms with van der Waals surface area (Å²) in [6.07, 6.45) is 2.81.